The summed E-state index contributed by atoms with van der Waals surface area (Å²) in [6, 6.07) is 5.86. The number of aromatic hydroxyl groups is 1. The summed E-state index contributed by atoms with van der Waals surface area (Å²) in [5, 5.41) is 19.3. The van der Waals surface area contributed by atoms with Gasteiger partial charge in [-0.1, -0.05) is 11.6 Å². The summed E-state index contributed by atoms with van der Waals surface area (Å²) in [7, 11) is 0. The molecule has 0 aliphatic heterocycles. The van der Waals surface area contributed by atoms with Crippen LogP contribution in [-0.2, 0) is 0 Å². The molecule has 1 aromatic carbocycles. The zero-order chi connectivity index (χ0) is 11.0. The summed E-state index contributed by atoms with van der Waals surface area (Å²) >= 11 is 5.80. The maximum atomic E-state index is 10.7. The van der Waals surface area contributed by atoms with E-state index in [4.69, 9.17) is 16.7 Å². The van der Waals surface area contributed by atoms with Crippen LogP contribution < -0.4 is 0 Å². The second-order valence-corrected chi connectivity index (χ2v) is 3.37. The van der Waals surface area contributed by atoms with E-state index < -0.39 is 5.97 Å². The molecule has 2 N–H and O–H groups in total. The molecule has 2 rings (SSSR count). The molecule has 0 saturated heterocycles. The highest BCUT2D eigenvalue weighted by atomic mass is 35.5. The molecule has 5 heteroatoms. The molecule has 15 heavy (non-hydrogen) atoms. The Hall–Kier alpha value is -1.81. The highest BCUT2D eigenvalue weighted by Gasteiger charge is 2.09. The van der Waals surface area contributed by atoms with Crippen molar-refractivity contribution in [2.45, 2.75) is 0 Å². The molecule has 0 bridgehead atoms. The number of hydrogen-bond donors (Lipinski definition) is 2. The molecule has 0 fully saturated rings. The van der Waals surface area contributed by atoms with Gasteiger partial charge in [0.15, 0.2) is 5.69 Å². The summed E-state index contributed by atoms with van der Waals surface area (Å²) in [4.78, 5) is 14.4. The van der Waals surface area contributed by atoms with Crippen molar-refractivity contribution in [2.75, 3.05) is 0 Å². The van der Waals surface area contributed by atoms with Gasteiger partial charge in [-0.05, 0) is 29.7 Å². The quantitative estimate of drug-likeness (QED) is 0.728. The van der Waals surface area contributed by atoms with Crippen LogP contribution in [0.4, 0.5) is 0 Å². The number of carboxylic acid groups (broad SMARTS) is 1. The van der Waals surface area contributed by atoms with Gasteiger partial charge in [0.2, 0.25) is 0 Å². The van der Waals surface area contributed by atoms with E-state index in [1.807, 2.05) is 0 Å². The third-order valence-electron chi connectivity index (χ3n) is 1.99. The van der Waals surface area contributed by atoms with Gasteiger partial charge in [0, 0.05) is 5.39 Å². The Morgan fingerprint density at radius 1 is 1.33 bits per heavy atom. The summed E-state index contributed by atoms with van der Waals surface area (Å²) in [6.45, 7) is 0. The zero-order valence-corrected chi connectivity index (χ0v) is 8.19. The first-order chi connectivity index (χ1) is 7.08. The number of hydrogen-bond acceptors (Lipinski definition) is 3. The van der Waals surface area contributed by atoms with Crippen LogP contribution in [0.25, 0.3) is 10.8 Å². The zero-order valence-electron chi connectivity index (χ0n) is 7.44. The molecule has 0 unspecified atom stereocenters. The minimum absolute atomic E-state index is 0.0566. The van der Waals surface area contributed by atoms with Crippen LogP contribution in [0.1, 0.15) is 10.5 Å². The van der Waals surface area contributed by atoms with Crippen LogP contribution in [0.5, 0.6) is 5.75 Å². The molecule has 76 valence electrons. The third-order valence-corrected chi connectivity index (χ3v) is 2.28. The van der Waals surface area contributed by atoms with Gasteiger partial charge in [-0.2, -0.15) is 0 Å². The lowest BCUT2D eigenvalue weighted by molar-refractivity contribution is 0.0690. The Kier molecular flexibility index (Phi) is 2.21. The van der Waals surface area contributed by atoms with Crippen molar-refractivity contribution in [3.8, 4) is 5.75 Å². The number of phenolic OH excluding ortho intramolecular Hbond substituents is 1. The van der Waals surface area contributed by atoms with Crippen LogP contribution in [0.3, 0.4) is 0 Å². The molecule has 1 aromatic heterocycles. The van der Waals surface area contributed by atoms with Crippen molar-refractivity contribution in [2.24, 2.45) is 0 Å². The normalized spacial score (nSPS) is 10.5. The minimum atomic E-state index is -1.15. The van der Waals surface area contributed by atoms with E-state index in [2.05, 4.69) is 4.98 Å². The lowest BCUT2D eigenvalue weighted by atomic mass is 10.1. The largest absolute Gasteiger partial charge is 0.508 e. The van der Waals surface area contributed by atoms with Gasteiger partial charge < -0.3 is 10.2 Å². The number of fused-ring (bicyclic) bond motifs is 1. The van der Waals surface area contributed by atoms with Crippen molar-refractivity contribution in [1.82, 2.24) is 4.98 Å². The second kappa shape index (κ2) is 3.40. The van der Waals surface area contributed by atoms with E-state index >= 15 is 0 Å². The van der Waals surface area contributed by atoms with Gasteiger partial charge in [-0.3, -0.25) is 0 Å². The van der Waals surface area contributed by atoms with Crippen molar-refractivity contribution < 1.29 is 15.0 Å². The smallest absolute Gasteiger partial charge is 0.354 e. The van der Waals surface area contributed by atoms with Crippen molar-refractivity contribution in [3.63, 3.8) is 0 Å². The molecule has 4 nitrogen and oxygen atoms in total. The lowest BCUT2D eigenvalue weighted by Gasteiger charge is -2.02. The third kappa shape index (κ3) is 1.71. The highest BCUT2D eigenvalue weighted by molar-refractivity contribution is 6.34. The van der Waals surface area contributed by atoms with Gasteiger partial charge in [0.1, 0.15) is 10.9 Å². The number of halogens is 1. The number of aromatic nitrogens is 1. The van der Waals surface area contributed by atoms with E-state index in [-0.39, 0.29) is 16.6 Å². The van der Waals surface area contributed by atoms with Gasteiger partial charge >= 0.3 is 5.97 Å². The van der Waals surface area contributed by atoms with Crippen molar-refractivity contribution >= 4 is 28.3 Å². The van der Waals surface area contributed by atoms with Crippen LogP contribution in [-0.4, -0.2) is 21.2 Å². The minimum Gasteiger partial charge on any atom is -0.508 e. The maximum Gasteiger partial charge on any atom is 0.354 e. The molecule has 0 aliphatic carbocycles. The molecule has 0 radical (unpaired) electrons. The molecule has 0 spiro atoms. The molecule has 0 atom stereocenters. The Morgan fingerprint density at radius 3 is 2.73 bits per heavy atom. The SMILES string of the molecule is O=C(O)c1cc2cc(O)ccc2c(Cl)n1. The summed E-state index contributed by atoms with van der Waals surface area (Å²) in [6.07, 6.45) is 0. The number of carbonyl (C=O) groups is 1. The molecule has 0 saturated carbocycles. The standard InChI is InChI=1S/C10H6ClNO3/c11-9-7-2-1-6(13)3-5(7)4-8(12-9)10(14)15/h1-4,13H,(H,14,15). The Labute approximate surface area is 89.8 Å². The van der Waals surface area contributed by atoms with Crippen LogP contribution in [0, 0.1) is 0 Å². The first-order valence-electron chi connectivity index (χ1n) is 4.10. The lowest BCUT2D eigenvalue weighted by Crippen LogP contribution is -2.00. The maximum absolute atomic E-state index is 10.7. The van der Waals surface area contributed by atoms with E-state index in [9.17, 15) is 9.90 Å². The van der Waals surface area contributed by atoms with E-state index in [0.29, 0.717) is 10.8 Å². The van der Waals surface area contributed by atoms with E-state index in [1.54, 1.807) is 6.07 Å². The molecule has 1 heterocycles. The highest BCUT2D eigenvalue weighted by Crippen LogP contribution is 2.25. The number of benzene rings is 1. The van der Waals surface area contributed by atoms with Crippen LogP contribution in [0.2, 0.25) is 5.15 Å². The van der Waals surface area contributed by atoms with Crippen LogP contribution in [0.15, 0.2) is 24.3 Å². The average molecular weight is 224 g/mol. The fourth-order valence-corrected chi connectivity index (χ4v) is 1.58. The second-order valence-electron chi connectivity index (χ2n) is 3.01. The number of aromatic carboxylic acids is 1. The first kappa shape index (κ1) is 9.73. The van der Waals surface area contributed by atoms with Gasteiger partial charge in [-0.25, -0.2) is 9.78 Å². The van der Waals surface area contributed by atoms with Crippen molar-refractivity contribution in [3.05, 3.63) is 35.1 Å². The average Bonchev–Trinajstić information content (AvgIpc) is 2.16. The molecule has 0 aliphatic rings. The topological polar surface area (TPSA) is 70.4 Å². The van der Waals surface area contributed by atoms with Gasteiger partial charge in [-0.15, -0.1) is 0 Å². The molecular weight excluding hydrogens is 218 g/mol. The Bertz CT molecular complexity index is 554. The van der Waals surface area contributed by atoms with E-state index in [0.717, 1.165) is 0 Å². The molecule has 2 aromatic rings. The van der Waals surface area contributed by atoms with Gasteiger partial charge in [0.05, 0.1) is 0 Å². The predicted octanol–water partition coefficient (Wildman–Crippen LogP) is 2.29. The predicted molar refractivity (Wildman–Crippen MR) is 55.4 cm³/mol. The van der Waals surface area contributed by atoms with Crippen molar-refractivity contribution in [1.29, 1.82) is 0 Å². The fraction of sp³-hybridized carbons (Fsp3) is 0. The monoisotopic (exact) mass is 223 g/mol. The Morgan fingerprint density at radius 2 is 2.07 bits per heavy atom. The number of nitrogens with zero attached hydrogens (tertiary/aromatic N) is 1. The van der Waals surface area contributed by atoms with E-state index in [1.165, 1.54) is 18.2 Å². The molecule has 0 amide bonds. The number of carboxylic acids is 1. The summed E-state index contributed by atoms with van der Waals surface area (Å²) < 4.78 is 0. The Balaban J connectivity index is 2.79. The molecular formula is C10H6ClNO3. The first-order valence-corrected chi connectivity index (χ1v) is 4.48. The number of rotatable bonds is 1. The van der Waals surface area contributed by atoms with Crippen LogP contribution >= 0.6 is 11.6 Å². The summed E-state index contributed by atoms with van der Waals surface area (Å²) in [5.41, 5.74) is -0.141. The van der Waals surface area contributed by atoms with Gasteiger partial charge in [0.25, 0.3) is 0 Å². The number of pyridine rings is 1. The number of phenols is 1. The summed E-state index contributed by atoms with van der Waals surface area (Å²) in [5.74, 6) is -1.09. The fourth-order valence-electron chi connectivity index (χ4n) is 1.31.